The Labute approximate surface area is 121 Å². The van der Waals surface area contributed by atoms with Gasteiger partial charge in [0.2, 0.25) is 0 Å². The van der Waals surface area contributed by atoms with Gasteiger partial charge >= 0.3 is 0 Å². The number of hydrogen-bond acceptors (Lipinski definition) is 4. The second-order valence-corrected chi connectivity index (χ2v) is 6.55. The van der Waals surface area contributed by atoms with Gasteiger partial charge in [-0.3, -0.25) is 4.79 Å². The van der Waals surface area contributed by atoms with Crippen LogP contribution in [-0.2, 0) is 12.8 Å². The van der Waals surface area contributed by atoms with Crippen molar-refractivity contribution in [1.82, 2.24) is 10.5 Å². The normalized spacial score (nSPS) is 17.8. The number of nitrogens with zero attached hydrogens (tertiary/aromatic N) is 1. The molecule has 4 rings (SSSR count). The van der Waals surface area contributed by atoms with E-state index in [4.69, 9.17) is 4.52 Å². The molecule has 2 heterocycles. The number of fused-ring (bicyclic) bond motifs is 3. The van der Waals surface area contributed by atoms with Crippen molar-refractivity contribution in [3.8, 4) is 11.3 Å². The van der Waals surface area contributed by atoms with Gasteiger partial charge in [0.15, 0.2) is 11.5 Å². The molecule has 20 heavy (non-hydrogen) atoms. The molecule has 1 saturated carbocycles. The summed E-state index contributed by atoms with van der Waals surface area (Å²) >= 11 is 1.74. The minimum atomic E-state index is -0.0689. The third kappa shape index (κ3) is 1.88. The fourth-order valence-electron chi connectivity index (χ4n) is 3.23. The quantitative estimate of drug-likeness (QED) is 0.923. The Hall–Kier alpha value is -1.62. The summed E-state index contributed by atoms with van der Waals surface area (Å²) in [6, 6.07) is 2.37. The van der Waals surface area contributed by atoms with E-state index in [2.05, 4.69) is 21.9 Å². The van der Waals surface area contributed by atoms with Gasteiger partial charge in [-0.2, -0.15) is 0 Å². The first-order valence-corrected chi connectivity index (χ1v) is 8.07. The van der Waals surface area contributed by atoms with Crippen molar-refractivity contribution >= 4 is 17.2 Å². The van der Waals surface area contributed by atoms with Crippen LogP contribution in [0.25, 0.3) is 11.3 Å². The lowest BCUT2D eigenvalue weighted by molar-refractivity contribution is 0.0928. The average Bonchev–Trinajstić information content (AvgIpc) is 3.17. The highest BCUT2D eigenvalue weighted by atomic mass is 32.1. The first-order chi connectivity index (χ1) is 9.83. The van der Waals surface area contributed by atoms with Gasteiger partial charge in [-0.15, -0.1) is 11.3 Å². The highest BCUT2D eigenvalue weighted by Crippen LogP contribution is 2.38. The molecule has 1 fully saturated rings. The van der Waals surface area contributed by atoms with E-state index in [-0.39, 0.29) is 5.91 Å². The fraction of sp³-hybridized carbons (Fsp3) is 0.467. The number of rotatable bonds is 2. The van der Waals surface area contributed by atoms with Crippen molar-refractivity contribution in [3.63, 3.8) is 0 Å². The monoisotopic (exact) mass is 288 g/mol. The van der Waals surface area contributed by atoms with Crippen LogP contribution in [0.4, 0.5) is 0 Å². The summed E-state index contributed by atoms with van der Waals surface area (Å²) in [6.07, 6.45) is 6.41. The third-order valence-electron chi connectivity index (χ3n) is 4.29. The van der Waals surface area contributed by atoms with Crippen molar-refractivity contribution < 1.29 is 9.32 Å². The number of thiophene rings is 1. The Morgan fingerprint density at radius 3 is 3.05 bits per heavy atom. The zero-order valence-corrected chi connectivity index (χ0v) is 12.0. The molecule has 2 aromatic rings. The lowest BCUT2D eigenvalue weighted by atomic mass is 9.95. The van der Waals surface area contributed by atoms with Crippen LogP contribution in [0.1, 0.15) is 46.6 Å². The average molecular weight is 288 g/mol. The van der Waals surface area contributed by atoms with Crippen molar-refractivity contribution in [2.75, 3.05) is 0 Å². The van der Waals surface area contributed by atoms with Crippen molar-refractivity contribution in [3.05, 3.63) is 27.6 Å². The van der Waals surface area contributed by atoms with Gasteiger partial charge in [-0.1, -0.05) is 18.0 Å². The maximum Gasteiger partial charge on any atom is 0.273 e. The minimum Gasteiger partial charge on any atom is -0.355 e. The van der Waals surface area contributed by atoms with Crippen LogP contribution >= 0.6 is 11.3 Å². The van der Waals surface area contributed by atoms with E-state index in [9.17, 15) is 4.79 Å². The van der Waals surface area contributed by atoms with Gasteiger partial charge in [0.25, 0.3) is 5.91 Å². The standard InChI is InChI=1S/C15H16N2O2S/c18-15(16-9-3-1-2-4-9)13-11-5-6-12-10(7-8-20-12)14(11)19-17-13/h7-9H,1-6H2,(H,16,18). The molecule has 0 aromatic carbocycles. The number of carbonyl (C=O) groups is 1. The first-order valence-electron chi connectivity index (χ1n) is 7.19. The van der Waals surface area contributed by atoms with Crippen molar-refractivity contribution in [2.45, 2.75) is 44.6 Å². The Bertz CT molecular complexity index is 653. The van der Waals surface area contributed by atoms with E-state index < -0.39 is 0 Å². The smallest absolute Gasteiger partial charge is 0.273 e. The maximum absolute atomic E-state index is 12.4. The summed E-state index contributed by atoms with van der Waals surface area (Å²) in [5.74, 6) is 0.727. The molecule has 0 saturated heterocycles. The van der Waals surface area contributed by atoms with Gasteiger partial charge in [-0.05, 0) is 37.1 Å². The number of hydrogen-bond donors (Lipinski definition) is 1. The summed E-state index contributed by atoms with van der Waals surface area (Å²) in [4.78, 5) is 13.7. The SMILES string of the molecule is O=C(NC1CCCC1)c1noc2c1CCc1sccc1-2. The van der Waals surface area contributed by atoms with E-state index in [1.54, 1.807) is 11.3 Å². The zero-order chi connectivity index (χ0) is 13.5. The molecule has 2 aromatic heterocycles. The summed E-state index contributed by atoms with van der Waals surface area (Å²) in [7, 11) is 0. The fourth-order valence-corrected chi connectivity index (χ4v) is 4.11. The Morgan fingerprint density at radius 1 is 1.35 bits per heavy atom. The van der Waals surface area contributed by atoms with Crippen LogP contribution in [0, 0.1) is 0 Å². The molecule has 1 N–H and O–H groups in total. The molecule has 0 bridgehead atoms. The lowest BCUT2D eigenvalue weighted by Crippen LogP contribution is -2.33. The second kappa shape index (κ2) is 4.74. The number of aromatic nitrogens is 1. The third-order valence-corrected chi connectivity index (χ3v) is 5.27. The van der Waals surface area contributed by atoms with Gasteiger partial charge in [-0.25, -0.2) is 0 Å². The van der Waals surface area contributed by atoms with Gasteiger partial charge in [0.1, 0.15) is 0 Å². The van der Waals surface area contributed by atoms with Crippen LogP contribution in [0.3, 0.4) is 0 Å². The second-order valence-electron chi connectivity index (χ2n) is 5.55. The molecular weight excluding hydrogens is 272 g/mol. The molecule has 104 valence electrons. The molecule has 2 aliphatic rings. The lowest BCUT2D eigenvalue weighted by Gasteiger charge is -2.13. The summed E-state index contributed by atoms with van der Waals surface area (Å²) < 4.78 is 5.45. The molecule has 5 heteroatoms. The van der Waals surface area contributed by atoms with E-state index in [1.807, 2.05) is 0 Å². The molecule has 0 unspecified atom stereocenters. The summed E-state index contributed by atoms with van der Waals surface area (Å²) in [5.41, 5.74) is 2.58. The Balaban J connectivity index is 1.63. The molecule has 0 aliphatic heterocycles. The van der Waals surface area contributed by atoms with Crippen molar-refractivity contribution in [2.24, 2.45) is 0 Å². The molecule has 0 radical (unpaired) electrons. The number of nitrogens with one attached hydrogen (secondary N) is 1. The molecule has 2 aliphatic carbocycles. The minimum absolute atomic E-state index is 0.0689. The largest absolute Gasteiger partial charge is 0.355 e. The maximum atomic E-state index is 12.4. The molecular formula is C15H16N2O2S. The van der Waals surface area contributed by atoms with Crippen LogP contribution in [-0.4, -0.2) is 17.1 Å². The molecule has 4 nitrogen and oxygen atoms in total. The van der Waals surface area contributed by atoms with Crippen LogP contribution in [0.15, 0.2) is 16.0 Å². The zero-order valence-electron chi connectivity index (χ0n) is 11.1. The topological polar surface area (TPSA) is 55.1 Å². The highest BCUT2D eigenvalue weighted by Gasteiger charge is 2.29. The van der Waals surface area contributed by atoms with Crippen LogP contribution in [0.5, 0.6) is 0 Å². The molecule has 1 amide bonds. The Kier molecular flexibility index (Phi) is 2.88. The number of amides is 1. The summed E-state index contributed by atoms with van der Waals surface area (Å²) in [5, 5.41) is 9.20. The Morgan fingerprint density at radius 2 is 2.20 bits per heavy atom. The van der Waals surface area contributed by atoms with Gasteiger partial charge < -0.3 is 9.84 Å². The predicted molar refractivity (Wildman–Crippen MR) is 76.9 cm³/mol. The van der Waals surface area contributed by atoms with E-state index in [1.165, 1.54) is 17.7 Å². The van der Waals surface area contributed by atoms with Gasteiger partial charge in [0, 0.05) is 22.0 Å². The highest BCUT2D eigenvalue weighted by molar-refractivity contribution is 7.10. The van der Waals surface area contributed by atoms with E-state index in [0.29, 0.717) is 11.7 Å². The van der Waals surface area contributed by atoms with Crippen LogP contribution < -0.4 is 5.32 Å². The number of carbonyl (C=O) groups excluding carboxylic acids is 1. The van der Waals surface area contributed by atoms with Gasteiger partial charge in [0.05, 0.1) is 0 Å². The first kappa shape index (κ1) is 12.1. The molecule has 0 spiro atoms. The van der Waals surface area contributed by atoms with Crippen molar-refractivity contribution in [1.29, 1.82) is 0 Å². The number of aryl methyl sites for hydroxylation is 1. The predicted octanol–water partition coefficient (Wildman–Crippen LogP) is 3.17. The summed E-state index contributed by atoms with van der Waals surface area (Å²) in [6.45, 7) is 0. The molecule has 0 atom stereocenters. The van der Waals surface area contributed by atoms with Crippen LogP contribution in [0.2, 0.25) is 0 Å². The van der Waals surface area contributed by atoms with E-state index >= 15 is 0 Å². The van der Waals surface area contributed by atoms with E-state index in [0.717, 1.165) is 42.6 Å².